The van der Waals surface area contributed by atoms with Gasteiger partial charge in [-0.15, -0.1) is 0 Å². The monoisotopic (exact) mass is 203 g/mol. The second kappa shape index (κ2) is 4.00. The fourth-order valence-electron chi connectivity index (χ4n) is 1.26. The van der Waals surface area contributed by atoms with Gasteiger partial charge in [-0.1, -0.05) is 6.07 Å². The van der Waals surface area contributed by atoms with Crippen LogP contribution in [0.3, 0.4) is 0 Å². The number of alkyl halides is 3. The first-order chi connectivity index (χ1) is 6.45. The van der Waals surface area contributed by atoms with E-state index in [4.69, 9.17) is 0 Å². The van der Waals surface area contributed by atoms with Gasteiger partial charge in [0.05, 0.1) is 5.56 Å². The molecule has 0 spiro atoms. The van der Waals surface area contributed by atoms with Gasteiger partial charge in [-0.05, 0) is 37.2 Å². The van der Waals surface area contributed by atoms with Crippen LogP contribution in [0.15, 0.2) is 18.2 Å². The van der Waals surface area contributed by atoms with E-state index in [0.717, 1.165) is 11.6 Å². The lowest BCUT2D eigenvalue weighted by Gasteiger charge is -2.10. The Morgan fingerprint density at radius 1 is 1.29 bits per heavy atom. The Kier molecular flexibility index (Phi) is 3.16. The van der Waals surface area contributed by atoms with Gasteiger partial charge in [0, 0.05) is 6.54 Å². The molecule has 0 aliphatic heterocycles. The van der Waals surface area contributed by atoms with Gasteiger partial charge >= 0.3 is 6.18 Å². The average Bonchev–Trinajstić information content (AvgIpc) is 2.07. The van der Waals surface area contributed by atoms with E-state index in [-0.39, 0.29) is 0 Å². The second-order valence-electron chi connectivity index (χ2n) is 3.17. The fourth-order valence-corrected chi connectivity index (χ4v) is 1.26. The van der Waals surface area contributed by atoms with Gasteiger partial charge in [0.2, 0.25) is 0 Å². The minimum atomic E-state index is -4.25. The topological polar surface area (TPSA) is 12.0 Å². The van der Waals surface area contributed by atoms with Crippen LogP contribution in [0.5, 0.6) is 0 Å². The van der Waals surface area contributed by atoms with Crippen molar-refractivity contribution >= 4 is 0 Å². The summed E-state index contributed by atoms with van der Waals surface area (Å²) in [5.74, 6) is 0. The fraction of sp³-hybridized carbons (Fsp3) is 0.400. The van der Waals surface area contributed by atoms with Gasteiger partial charge in [0.25, 0.3) is 0 Å². The number of benzene rings is 1. The summed E-state index contributed by atoms with van der Waals surface area (Å²) < 4.78 is 36.8. The molecule has 0 aromatic heterocycles. The highest BCUT2D eigenvalue weighted by Gasteiger charge is 2.30. The van der Waals surface area contributed by atoms with Gasteiger partial charge in [-0.3, -0.25) is 0 Å². The molecule has 1 aromatic carbocycles. The molecule has 14 heavy (non-hydrogen) atoms. The summed E-state index contributed by atoms with van der Waals surface area (Å²) in [6.07, 6.45) is -4.25. The van der Waals surface area contributed by atoms with E-state index in [2.05, 4.69) is 5.32 Å². The molecular weight excluding hydrogens is 191 g/mol. The van der Waals surface area contributed by atoms with Crippen LogP contribution in [0.25, 0.3) is 0 Å². The highest BCUT2D eigenvalue weighted by Crippen LogP contribution is 2.30. The second-order valence-corrected chi connectivity index (χ2v) is 3.17. The predicted octanol–water partition coefficient (Wildman–Crippen LogP) is 2.73. The number of rotatable bonds is 2. The summed E-state index contributed by atoms with van der Waals surface area (Å²) in [4.78, 5) is 0. The van der Waals surface area contributed by atoms with Crippen LogP contribution < -0.4 is 5.32 Å². The standard InChI is InChI=1S/C10H12F3N/c1-7-5-9(10(11,12)13)4-3-8(7)6-14-2/h3-5,14H,6H2,1-2H3. The van der Waals surface area contributed by atoms with Gasteiger partial charge in [0.1, 0.15) is 0 Å². The van der Waals surface area contributed by atoms with Crippen molar-refractivity contribution in [2.45, 2.75) is 19.6 Å². The van der Waals surface area contributed by atoms with Crippen molar-refractivity contribution in [2.75, 3.05) is 7.05 Å². The van der Waals surface area contributed by atoms with Crippen molar-refractivity contribution in [2.24, 2.45) is 0 Å². The lowest BCUT2D eigenvalue weighted by Crippen LogP contribution is -2.09. The van der Waals surface area contributed by atoms with E-state index in [9.17, 15) is 13.2 Å². The van der Waals surface area contributed by atoms with Crippen molar-refractivity contribution < 1.29 is 13.2 Å². The third-order valence-corrected chi connectivity index (χ3v) is 2.04. The molecule has 0 bridgehead atoms. The zero-order chi connectivity index (χ0) is 10.8. The smallest absolute Gasteiger partial charge is 0.316 e. The Hall–Kier alpha value is -1.03. The summed E-state index contributed by atoms with van der Waals surface area (Å²) in [6.45, 7) is 2.27. The maximum Gasteiger partial charge on any atom is 0.416 e. The normalized spacial score (nSPS) is 11.8. The van der Waals surface area contributed by atoms with Crippen LogP contribution in [-0.2, 0) is 12.7 Å². The molecule has 0 radical (unpaired) electrons. The Morgan fingerprint density at radius 3 is 2.36 bits per heavy atom. The zero-order valence-electron chi connectivity index (χ0n) is 8.07. The van der Waals surface area contributed by atoms with Crippen LogP contribution >= 0.6 is 0 Å². The molecule has 0 unspecified atom stereocenters. The predicted molar refractivity (Wildman–Crippen MR) is 48.9 cm³/mol. The quantitative estimate of drug-likeness (QED) is 0.779. The maximum absolute atomic E-state index is 12.3. The van der Waals surface area contributed by atoms with Gasteiger partial charge in [-0.2, -0.15) is 13.2 Å². The Bertz CT molecular complexity index is 318. The highest BCUT2D eigenvalue weighted by molar-refractivity contribution is 5.32. The zero-order valence-corrected chi connectivity index (χ0v) is 8.07. The van der Waals surface area contributed by atoms with Gasteiger partial charge in [0.15, 0.2) is 0 Å². The summed E-state index contributed by atoms with van der Waals surface area (Å²) >= 11 is 0. The van der Waals surface area contributed by atoms with E-state index in [0.29, 0.717) is 12.1 Å². The lowest BCUT2D eigenvalue weighted by molar-refractivity contribution is -0.137. The van der Waals surface area contributed by atoms with Crippen molar-refractivity contribution in [3.05, 3.63) is 34.9 Å². The number of aryl methyl sites for hydroxylation is 1. The lowest BCUT2D eigenvalue weighted by atomic mass is 10.0. The molecule has 0 saturated carbocycles. The first-order valence-corrected chi connectivity index (χ1v) is 4.26. The molecule has 4 heteroatoms. The molecule has 0 heterocycles. The van der Waals surface area contributed by atoms with Crippen LogP contribution in [-0.4, -0.2) is 7.05 Å². The number of nitrogens with one attached hydrogen (secondary N) is 1. The molecule has 0 aliphatic carbocycles. The molecule has 0 saturated heterocycles. The van der Waals surface area contributed by atoms with Gasteiger partial charge < -0.3 is 5.32 Å². The molecule has 0 atom stereocenters. The van der Waals surface area contributed by atoms with Crippen molar-refractivity contribution in [3.8, 4) is 0 Å². The largest absolute Gasteiger partial charge is 0.416 e. The van der Waals surface area contributed by atoms with Crippen molar-refractivity contribution in [1.82, 2.24) is 5.32 Å². The SMILES string of the molecule is CNCc1ccc(C(F)(F)F)cc1C. The van der Waals surface area contributed by atoms with E-state index in [1.165, 1.54) is 12.1 Å². The van der Waals surface area contributed by atoms with E-state index < -0.39 is 11.7 Å². The molecule has 0 amide bonds. The maximum atomic E-state index is 12.3. The number of hydrogen-bond donors (Lipinski definition) is 1. The molecular formula is C10H12F3N. The first kappa shape index (κ1) is 11.0. The summed E-state index contributed by atoms with van der Waals surface area (Å²) in [7, 11) is 1.76. The Labute approximate surface area is 80.9 Å². The van der Waals surface area contributed by atoms with Gasteiger partial charge in [-0.25, -0.2) is 0 Å². The van der Waals surface area contributed by atoms with E-state index in [1.807, 2.05) is 0 Å². The minimum absolute atomic E-state index is 0.587. The first-order valence-electron chi connectivity index (χ1n) is 4.26. The summed E-state index contributed by atoms with van der Waals surface area (Å²) in [5, 5.41) is 2.90. The van der Waals surface area contributed by atoms with Crippen LogP contribution in [0.1, 0.15) is 16.7 Å². The van der Waals surface area contributed by atoms with Crippen LogP contribution in [0.2, 0.25) is 0 Å². The van der Waals surface area contributed by atoms with E-state index in [1.54, 1.807) is 14.0 Å². The van der Waals surface area contributed by atoms with Crippen molar-refractivity contribution in [1.29, 1.82) is 0 Å². The minimum Gasteiger partial charge on any atom is -0.316 e. The number of halogens is 3. The molecule has 0 fully saturated rings. The molecule has 1 nitrogen and oxygen atoms in total. The molecule has 0 aliphatic rings. The Balaban J connectivity index is 3.01. The molecule has 78 valence electrons. The number of hydrogen-bond acceptors (Lipinski definition) is 1. The third kappa shape index (κ3) is 2.48. The van der Waals surface area contributed by atoms with Crippen LogP contribution in [0.4, 0.5) is 13.2 Å². The molecule has 1 aromatic rings. The molecule has 1 rings (SSSR count). The third-order valence-electron chi connectivity index (χ3n) is 2.04. The van der Waals surface area contributed by atoms with E-state index >= 15 is 0 Å². The van der Waals surface area contributed by atoms with Crippen LogP contribution in [0, 0.1) is 6.92 Å². The molecule has 1 N–H and O–H groups in total. The summed E-state index contributed by atoms with van der Waals surface area (Å²) in [6, 6.07) is 3.79. The Morgan fingerprint density at radius 2 is 1.93 bits per heavy atom. The average molecular weight is 203 g/mol. The van der Waals surface area contributed by atoms with Crippen molar-refractivity contribution in [3.63, 3.8) is 0 Å². The summed E-state index contributed by atoms with van der Waals surface area (Å²) in [5.41, 5.74) is 0.963. The highest BCUT2D eigenvalue weighted by atomic mass is 19.4.